The predicted molar refractivity (Wildman–Crippen MR) is 110 cm³/mol. The Morgan fingerprint density at radius 1 is 0.840 bits per heavy atom. The van der Waals surface area contributed by atoms with Crippen molar-refractivity contribution in [1.82, 2.24) is 9.80 Å². The van der Waals surface area contributed by atoms with Gasteiger partial charge in [-0.3, -0.25) is 0 Å². The number of likely N-dealkylation sites (tertiary alicyclic amines) is 2. The minimum atomic E-state index is 0.119. The number of hydrogen-bond acceptors (Lipinski definition) is 3. The molecule has 2 rings (SSSR count). The van der Waals surface area contributed by atoms with E-state index in [9.17, 15) is 0 Å². The number of methoxy groups -OCH3 is 1. The van der Waals surface area contributed by atoms with Crippen LogP contribution in [0.4, 0.5) is 0 Å². The van der Waals surface area contributed by atoms with Crippen LogP contribution < -0.4 is 0 Å². The first-order valence-electron chi connectivity index (χ1n) is 10.7. The second-order valence-electron chi connectivity index (χ2n) is 9.18. The molecule has 2 aliphatic heterocycles. The SMILES string of the molecule is CCN1CCCC(C)(C(C)C)C1.CCN1CCCC(OC)(C(C)C)C1. The van der Waals surface area contributed by atoms with E-state index < -0.39 is 0 Å². The number of rotatable bonds is 5. The lowest BCUT2D eigenvalue weighted by molar-refractivity contribution is -0.0941. The fourth-order valence-corrected chi connectivity index (χ4v) is 4.40. The van der Waals surface area contributed by atoms with E-state index >= 15 is 0 Å². The van der Waals surface area contributed by atoms with Crippen molar-refractivity contribution in [3.8, 4) is 0 Å². The zero-order valence-corrected chi connectivity index (χ0v) is 18.5. The van der Waals surface area contributed by atoms with E-state index in [0.29, 0.717) is 11.3 Å². The molecule has 0 aromatic heterocycles. The van der Waals surface area contributed by atoms with E-state index in [1.54, 1.807) is 0 Å². The predicted octanol–water partition coefficient (Wildman–Crippen LogP) is 4.91. The summed E-state index contributed by atoms with van der Waals surface area (Å²) in [6, 6.07) is 0. The van der Waals surface area contributed by atoms with Gasteiger partial charge in [-0.05, 0) is 69.1 Å². The van der Waals surface area contributed by atoms with Crippen LogP contribution in [0.2, 0.25) is 0 Å². The Morgan fingerprint density at radius 3 is 1.80 bits per heavy atom. The molecule has 2 saturated heterocycles. The van der Waals surface area contributed by atoms with Crippen LogP contribution in [0.15, 0.2) is 0 Å². The van der Waals surface area contributed by atoms with E-state index in [-0.39, 0.29) is 5.60 Å². The van der Waals surface area contributed by atoms with Gasteiger partial charge in [0.1, 0.15) is 0 Å². The summed E-state index contributed by atoms with van der Waals surface area (Å²) in [4.78, 5) is 5.08. The molecule has 3 nitrogen and oxygen atoms in total. The monoisotopic (exact) mass is 354 g/mol. The number of likely N-dealkylation sites (N-methyl/N-ethyl adjacent to an activating group) is 1. The number of hydrogen-bond donors (Lipinski definition) is 0. The largest absolute Gasteiger partial charge is 0.377 e. The number of piperidine rings is 2. The van der Waals surface area contributed by atoms with E-state index in [1.807, 2.05) is 7.11 Å². The summed E-state index contributed by atoms with van der Waals surface area (Å²) in [6.45, 7) is 23.5. The van der Waals surface area contributed by atoms with Crippen molar-refractivity contribution >= 4 is 0 Å². The highest BCUT2D eigenvalue weighted by molar-refractivity contribution is 4.90. The average Bonchev–Trinajstić information content (AvgIpc) is 2.61. The second kappa shape index (κ2) is 10.3. The van der Waals surface area contributed by atoms with Crippen molar-refractivity contribution in [3.63, 3.8) is 0 Å². The van der Waals surface area contributed by atoms with Gasteiger partial charge in [-0.1, -0.05) is 48.5 Å². The van der Waals surface area contributed by atoms with E-state index in [2.05, 4.69) is 58.3 Å². The highest BCUT2D eigenvalue weighted by Gasteiger charge is 2.37. The van der Waals surface area contributed by atoms with Gasteiger partial charge in [0.05, 0.1) is 5.60 Å². The summed E-state index contributed by atoms with van der Waals surface area (Å²) >= 11 is 0. The summed E-state index contributed by atoms with van der Waals surface area (Å²) < 4.78 is 5.73. The van der Waals surface area contributed by atoms with Crippen molar-refractivity contribution in [2.45, 2.75) is 79.8 Å². The van der Waals surface area contributed by atoms with E-state index in [0.717, 1.165) is 19.0 Å². The van der Waals surface area contributed by atoms with E-state index in [4.69, 9.17) is 4.74 Å². The Bertz CT molecular complexity index is 371. The van der Waals surface area contributed by atoms with Crippen LogP contribution in [0.1, 0.15) is 74.1 Å². The Morgan fingerprint density at radius 2 is 1.36 bits per heavy atom. The first-order chi connectivity index (χ1) is 11.7. The third-order valence-electron chi connectivity index (χ3n) is 7.12. The lowest BCUT2D eigenvalue weighted by atomic mass is 9.73. The second-order valence-corrected chi connectivity index (χ2v) is 9.18. The van der Waals surface area contributed by atoms with Crippen molar-refractivity contribution < 1.29 is 4.74 Å². The Labute approximate surface area is 158 Å². The lowest BCUT2D eigenvalue weighted by Crippen LogP contribution is -2.52. The average molecular weight is 355 g/mol. The maximum absolute atomic E-state index is 5.73. The maximum atomic E-state index is 5.73. The molecule has 3 heteroatoms. The molecule has 0 bridgehead atoms. The quantitative estimate of drug-likeness (QED) is 0.698. The number of ether oxygens (including phenoxy) is 1. The summed E-state index contributed by atoms with van der Waals surface area (Å²) in [5, 5.41) is 0. The van der Waals surface area contributed by atoms with Crippen molar-refractivity contribution in [1.29, 1.82) is 0 Å². The molecule has 0 radical (unpaired) electrons. The van der Waals surface area contributed by atoms with Gasteiger partial charge in [-0.2, -0.15) is 0 Å². The minimum absolute atomic E-state index is 0.119. The molecule has 25 heavy (non-hydrogen) atoms. The molecule has 2 heterocycles. The summed E-state index contributed by atoms with van der Waals surface area (Å²) in [5.41, 5.74) is 0.697. The molecule has 0 N–H and O–H groups in total. The molecule has 0 aromatic carbocycles. The van der Waals surface area contributed by atoms with Crippen LogP contribution in [0.3, 0.4) is 0 Å². The third-order valence-corrected chi connectivity index (χ3v) is 7.12. The van der Waals surface area contributed by atoms with Crippen LogP contribution in [0.25, 0.3) is 0 Å². The maximum Gasteiger partial charge on any atom is 0.0828 e. The first-order valence-corrected chi connectivity index (χ1v) is 10.7. The van der Waals surface area contributed by atoms with Crippen LogP contribution in [-0.4, -0.2) is 61.8 Å². The van der Waals surface area contributed by atoms with Gasteiger partial charge in [-0.15, -0.1) is 0 Å². The molecule has 0 aromatic rings. The van der Waals surface area contributed by atoms with Gasteiger partial charge in [0.2, 0.25) is 0 Å². The Hall–Kier alpha value is -0.120. The van der Waals surface area contributed by atoms with Crippen LogP contribution in [0, 0.1) is 17.3 Å². The van der Waals surface area contributed by atoms with Crippen LogP contribution >= 0.6 is 0 Å². The smallest absolute Gasteiger partial charge is 0.0828 e. The molecule has 2 unspecified atom stereocenters. The standard InChI is InChI=1S/C11H23NO.C11H23N/c1-5-12-8-6-7-11(9-12,13-4)10(2)3;1-5-12-8-6-7-11(4,9-12)10(2)3/h10H,5-9H2,1-4H3;10H,5-9H2,1-4H3. The Kier molecular flexibility index (Phi) is 9.42. The Balaban J connectivity index is 0.000000251. The van der Waals surface area contributed by atoms with Gasteiger partial charge >= 0.3 is 0 Å². The molecule has 0 spiro atoms. The normalized spacial score (nSPS) is 31.9. The van der Waals surface area contributed by atoms with Gasteiger partial charge < -0.3 is 14.5 Å². The van der Waals surface area contributed by atoms with Gasteiger partial charge in [0, 0.05) is 20.2 Å². The third kappa shape index (κ3) is 6.22. The molecular formula is C22H46N2O. The first kappa shape index (κ1) is 22.9. The molecule has 150 valence electrons. The minimum Gasteiger partial charge on any atom is -0.377 e. The molecule has 0 aliphatic carbocycles. The molecule has 2 atom stereocenters. The van der Waals surface area contributed by atoms with Crippen molar-refractivity contribution in [2.24, 2.45) is 17.3 Å². The fraction of sp³-hybridized carbons (Fsp3) is 1.00. The zero-order chi connectivity index (χ0) is 19.1. The topological polar surface area (TPSA) is 15.7 Å². The lowest BCUT2D eigenvalue weighted by Gasteiger charge is -2.44. The summed E-state index contributed by atoms with van der Waals surface area (Å²) in [7, 11) is 1.86. The number of nitrogens with zero attached hydrogens (tertiary/aromatic N) is 2. The van der Waals surface area contributed by atoms with Gasteiger partial charge in [0.25, 0.3) is 0 Å². The van der Waals surface area contributed by atoms with Crippen LogP contribution in [-0.2, 0) is 4.74 Å². The highest BCUT2D eigenvalue weighted by Crippen LogP contribution is 2.36. The molecule has 2 aliphatic rings. The van der Waals surface area contributed by atoms with Gasteiger partial charge in [0.15, 0.2) is 0 Å². The molecule has 0 saturated carbocycles. The van der Waals surface area contributed by atoms with Gasteiger partial charge in [-0.25, -0.2) is 0 Å². The highest BCUT2D eigenvalue weighted by atomic mass is 16.5. The molecule has 2 fully saturated rings. The molecular weight excluding hydrogens is 308 g/mol. The van der Waals surface area contributed by atoms with E-state index in [1.165, 1.54) is 51.9 Å². The zero-order valence-electron chi connectivity index (χ0n) is 18.5. The summed E-state index contributed by atoms with van der Waals surface area (Å²) in [5.74, 6) is 1.44. The van der Waals surface area contributed by atoms with Crippen molar-refractivity contribution in [3.05, 3.63) is 0 Å². The molecule has 0 amide bonds. The van der Waals surface area contributed by atoms with Crippen molar-refractivity contribution in [2.75, 3.05) is 46.4 Å². The van der Waals surface area contributed by atoms with Crippen LogP contribution in [0.5, 0.6) is 0 Å². The summed E-state index contributed by atoms with van der Waals surface area (Å²) in [6.07, 6.45) is 5.31. The fourth-order valence-electron chi connectivity index (χ4n) is 4.40.